The summed E-state index contributed by atoms with van der Waals surface area (Å²) in [6.07, 6.45) is 0. The molecule has 2 heterocycles. The van der Waals surface area contributed by atoms with Gasteiger partial charge in [0.05, 0.1) is 26.4 Å². The maximum Gasteiger partial charge on any atom is 0.162 e. The quantitative estimate of drug-likeness (QED) is 0.546. The minimum atomic E-state index is -0.306. The van der Waals surface area contributed by atoms with Gasteiger partial charge in [0.2, 0.25) is 0 Å². The molecule has 0 spiro atoms. The van der Waals surface area contributed by atoms with Crippen molar-refractivity contribution in [3.63, 3.8) is 0 Å². The Kier molecular flexibility index (Phi) is 3.94. The summed E-state index contributed by atoms with van der Waals surface area (Å²) < 4.78 is 19.7. The fourth-order valence-electron chi connectivity index (χ4n) is 0.911. The first kappa shape index (κ1) is 9.92. The predicted molar refractivity (Wildman–Crippen MR) is 42.8 cm³/mol. The molecule has 0 atom stereocenters. The Labute approximate surface area is 72.7 Å². The van der Waals surface area contributed by atoms with Crippen LogP contribution >= 0.6 is 0 Å². The second-order valence-electron chi connectivity index (χ2n) is 3.03. The number of hydrogen-bond donors (Lipinski definition) is 0. The van der Waals surface area contributed by atoms with Gasteiger partial charge in [-0.15, -0.1) is 0 Å². The third-order valence-electron chi connectivity index (χ3n) is 1.52. The highest BCUT2D eigenvalue weighted by atomic mass is 16.7. The molecule has 0 aromatic rings. The molecule has 0 saturated carbocycles. The van der Waals surface area contributed by atoms with Crippen LogP contribution in [-0.4, -0.2) is 39.0 Å². The maximum absolute atomic E-state index is 5.12. The topological polar surface area (TPSA) is 36.9 Å². The number of rotatable bonds is 0. The molecule has 2 fully saturated rings. The van der Waals surface area contributed by atoms with E-state index in [0.29, 0.717) is 6.79 Å². The standard InChI is InChI=1S/C5H10O2.C3H6O2/c1-5(2)6-3-4-7-5;1-2-5-3-4-1/h3-4H2,1-2H3;1-3H2. The van der Waals surface area contributed by atoms with Crippen LogP contribution in [0.5, 0.6) is 0 Å². The van der Waals surface area contributed by atoms with E-state index >= 15 is 0 Å². The summed E-state index contributed by atoms with van der Waals surface area (Å²) >= 11 is 0. The predicted octanol–water partition coefficient (Wildman–Crippen LogP) is 0.760. The number of hydrogen-bond acceptors (Lipinski definition) is 4. The molecule has 0 aromatic carbocycles. The van der Waals surface area contributed by atoms with Crippen molar-refractivity contribution in [2.45, 2.75) is 19.6 Å². The van der Waals surface area contributed by atoms with E-state index in [-0.39, 0.29) is 5.79 Å². The Balaban J connectivity index is 0.000000127. The molecule has 0 N–H and O–H groups in total. The minimum absolute atomic E-state index is 0.306. The average Bonchev–Trinajstić information content (AvgIpc) is 2.60. The van der Waals surface area contributed by atoms with Gasteiger partial charge in [-0.2, -0.15) is 0 Å². The Hall–Kier alpha value is -0.160. The molecule has 4 nitrogen and oxygen atoms in total. The lowest BCUT2D eigenvalue weighted by molar-refractivity contribution is -0.125. The highest BCUT2D eigenvalue weighted by Crippen LogP contribution is 2.15. The minimum Gasteiger partial charge on any atom is -0.353 e. The Morgan fingerprint density at radius 3 is 1.50 bits per heavy atom. The Morgan fingerprint density at radius 1 is 0.833 bits per heavy atom. The number of ether oxygens (including phenoxy) is 4. The zero-order valence-corrected chi connectivity index (χ0v) is 7.67. The maximum atomic E-state index is 5.12. The van der Waals surface area contributed by atoms with Crippen molar-refractivity contribution in [3.05, 3.63) is 0 Å². The van der Waals surface area contributed by atoms with Gasteiger partial charge in [-0.25, -0.2) is 0 Å². The van der Waals surface area contributed by atoms with Crippen molar-refractivity contribution < 1.29 is 18.9 Å². The summed E-state index contributed by atoms with van der Waals surface area (Å²) in [5, 5.41) is 0. The van der Waals surface area contributed by atoms with E-state index in [1.54, 1.807) is 0 Å². The van der Waals surface area contributed by atoms with Gasteiger partial charge >= 0.3 is 0 Å². The smallest absolute Gasteiger partial charge is 0.162 e. The van der Waals surface area contributed by atoms with Gasteiger partial charge in [-0.3, -0.25) is 0 Å². The molecule has 0 amide bonds. The fourth-order valence-corrected chi connectivity index (χ4v) is 0.911. The lowest BCUT2D eigenvalue weighted by Crippen LogP contribution is -2.18. The fraction of sp³-hybridized carbons (Fsp3) is 1.00. The largest absolute Gasteiger partial charge is 0.353 e. The van der Waals surface area contributed by atoms with Crippen molar-refractivity contribution in [3.8, 4) is 0 Å². The summed E-state index contributed by atoms with van der Waals surface area (Å²) in [5.41, 5.74) is 0. The van der Waals surface area contributed by atoms with Crippen LogP contribution in [0.4, 0.5) is 0 Å². The van der Waals surface area contributed by atoms with Crippen LogP contribution in [0.15, 0.2) is 0 Å². The van der Waals surface area contributed by atoms with Crippen LogP contribution in [0.3, 0.4) is 0 Å². The molecule has 72 valence electrons. The zero-order valence-electron chi connectivity index (χ0n) is 7.67. The van der Waals surface area contributed by atoms with Gasteiger partial charge in [0.1, 0.15) is 6.79 Å². The third kappa shape index (κ3) is 4.01. The average molecular weight is 176 g/mol. The van der Waals surface area contributed by atoms with Crippen molar-refractivity contribution in [2.75, 3.05) is 33.2 Å². The molecule has 2 aliphatic heterocycles. The summed E-state index contributed by atoms with van der Waals surface area (Å²) in [7, 11) is 0. The lowest BCUT2D eigenvalue weighted by atomic mass is 10.4. The molecule has 12 heavy (non-hydrogen) atoms. The summed E-state index contributed by atoms with van der Waals surface area (Å²) in [6, 6.07) is 0. The van der Waals surface area contributed by atoms with E-state index in [9.17, 15) is 0 Å². The Morgan fingerprint density at radius 2 is 1.33 bits per heavy atom. The van der Waals surface area contributed by atoms with Gasteiger partial charge in [0.15, 0.2) is 5.79 Å². The summed E-state index contributed by atoms with van der Waals surface area (Å²) in [5.74, 6) is -0.306. The van der Waals surface area contributed by atoms with E-state index in [0.717, 1.165) is 26.4 Å². The van der Waals surface area contributed by atoms with Gasteiger partial charge in [0, 0.05) is 0 Å². The van der Waals surface area contributed by atoms with Crippen LogP contribution in [0, 0.1) is 0 Å². The molecule has 4 heteroatoms. The van der Waals surface area contributed by atoms with Gasteiger partial charge in [0.25, 0.3) is 0 Å². The van der Waals surface area contributed by atoms with E-state index < -0.39 is 0 Å². The molecule has 2 saturated heterocycles. The molecule has 2 rings (SSSR count). The van der Waals surface area contributed by atoms with E-state index in [4.69, 9.17) is 18.9 Å². The molecule has 0 radical (unpaired) electrons. The molecule has 2 aliphatic rings. The van der Waals surface area contributed by atoms with E-state index in [1.165, 1.54) is 0 Å². The molecule has 0 aliphatic carbocycles. The van der Waals surface area contributed by atoms with E-state index in [1.807, 2.05) is 13.8 Å². The van der Waals surface area contributed by atoms with Crippen molar-refractivity contribution in [1.29, 1.82) is 0 Å². The second kappa shape index (κ2) is 4.77. The Bertz CT molecular complexity index is 105. The summed E-state index contributed by atoms with van der Waals surface area (Å²) in [4.78, 5) is 0. The second-order valence-corrected chi connectivity index (χ2v) is 3.03. The molecular weight excluding hydrogens is 160 g/mol. The molecule has 0 bridgehead atoms. The van der Waals surface area contributed by atoms with Gasteiger partial charge in [-0.1, -0.05) is 0 Å². The van der Waals surface area contributed by atoms with Crippen LogP contribution in [0.1, 0.15) is 13.8 Å². The van der Waals surface area contributed by atoms with Crippen molar-refractivity contribution in [1.82, 2.24) is 0 Å². The molecule has 0 aromatic heterocycles. The van der Waals surface area contributed by atoms with Crippen LogP contribution in [0.2, 0.25) is 0 Å². The van der Waals surface area contributed by atoms with Crippen molar-refractivity contribution >= 4 is 0 Å². The summed E-state index contributed by atoms with van der Waals surface area (Å²) in [6.45, 7) is 7.38. The SMILES string of the molecule is C1COCO1.CC1(C)OCCO1. The first-order valence-electron chi connectivity index (χ1n) is 4.14. The van der Waals surface area contributed by atoms with Gasteiger partial charge in [-0.05, 0) is 13.8 Å². The van der Waals surface area contributed by atoms with Crippen molar-refractivity contribution in [2.24, 2.45) is 0 Å². The highest BCUT2D eigenvalue weighted by Gasteiger charge is 2.23. The first-order chi connectivity index (χ1) is 5.71. The van der Waals surface area contributed by atoms with Crippen LogP contribution < -0.4 is 0 Å². The first-order valence-corrected chi connectivity index (χ1v) is 4.14. The third-order valence-corrected chi connectivity index (χ3v) is 1.52. The molecule has 0 unspecified atom stereocenters. The van der Waals surface area contributed by atoms with Crippen LogP contribution in [-0.2, 0) is 18.9 Å². The van der Waals surface area contributed by atoms with Gasteiger partial charge < -0.3 is 18.9 Å². The zero-order chi connectivity index (χ0) is 8.86. The van der Waals surface area contributed by atoms with E-state index in [2.05, 4.69) is 0 Å². The highest BCUT2D eigenvalue weighted by molar-refractivity contribution is 4.58. The van der Waals surface area contributed by atoms with Crippen LogP contribution in [0.25, 0.3) is 0 Å². The normalized spacial score (nSPS) is 26.5. The lowest BCUT2D eigenvalue weighted by Gasteiger charge is -2.13. The molecular formula is C8H16O4. The monoisotopic (exact) mass is 176 g/mol.